The third-order valence-electron chi connectivity index (χ3n) is 6.32. The lowest BCUT2D eigenvalue weighted by atomic mass is 9.90. The highest BCUT2D eigenvalue weighted by atomic mass is 15.2. The van der Waals surface area contributed by atoms with E-state index in [1.165, 1.54) is 66.8 Å². The van der Waals surface area contributed by atoms with E-state index in [0.29, 0.717) is 0 Å². The van der Waals surface area contributed by atoms with Crippen molar-refractivity contribution in [1.82, 2.24) is 4.90 Å². The van der Waals surface area contributed by atoms with Gasteiger partial charge in [-0.2, -0.15) is 0 Å². The lowest BCUT2D eigenvalue weighted by Crippen LogP contribution is -2.40. The summed E-state index contributed by atoms with van der Waals surface area (Å²) in [5.74, 6) is 0.807. The van der Waals surface area contributed by atoms with Gasteiger partial charge in [0, 0.05) is 18.8 Å². The van der Waals surface area contributed by atoms with Gasteiger partial charge in [-0.25, -0.2) is 0 Å². The zero-order chi connectivity index (χ0) is 19.5. The summed E-state index contributed by atoms with van der Waals surface area (Å²) in [6.45, 7) is 10.9. The van der Waals surface area contributed by atoms with Crippen LogP contribution < -0.4 is 10.6 Å². The van der Waals surface area contributed by atoms with Crippen LogP contribution in [0.5, 0.6) is 0 Å². The van der Waals surface area contributed by atoms with Crippen LogP contribution in [0.2, 0.25) is 0 Å². The maximum atomic E-state index is 6.40. The number of hydrogen-bond acceptors (Lipinski definition) is 3. The van der Waals surface area contributed by atoms with Crippen LogP contribution in [-0.2, 0) is 12.8 Å². The molecule has 2 aliphatic heterocycles. The summed E-state index contributed by atoms with van der Waals surface area (Å²) < 4.78 is 0. The van der Waals surface area contributed by atoms with E-state index in [4.69, 9.17) is 5.73 Å². The second kappa shape index (κ2) is 8.40. The van der Waals surface area contributed by atoms with Crippen LogP contribution in [0.25, 0.3) is 0 Å². The molecule has 3 heteroatoms. The number of nitrogen functional groups attached to an aromatic ring is 1. The van der Waals surface area contributed by atoms with E-state index in [1.54, 1.807) is 0 Å². The van der Waals surface area contributed by atoms with Gasteiger partial charge in [0.25, 0.3) is 0 Å². The Morgan fingerprint density at radius 3 is 2.61 bits per heavy atom. The molecule has 3 nitrogen and oxygen atoms in total. The first-order valence-corrected chi connectivity index (χ1v) is 10.7. The van der Waals surface area contributed by atoms with E-state index in [0.717, 1.165) is 31.1 Å². The molecule has 2 N–H and O–H groups in total. The lowest BCUT2D eigenvalue weighted by molar-refractivity contribution is 0.196. The van der Waals surface area contributed by atoms with Crippen LogP contribution in [0.4, 0.5) is 11.4 Å². The van der Waals surface area contributed by atoms with Crippen molar-refractivity contribution >= 4 is 11.4 Å². The lowest BCUT2D eigenvalue weighted by Gasteiger charge is -2.38. The molecule has 28 heavy (non-hydrogen) atoms. The predicted octanol–water partition coefficient (Wildman–Crippen LogP) is 4.80. The minimum atomic E-state index is 0.807. The zero-order valence-corrected chi connectivity index (χ0v) is 17.2. The van der Waals surface area contributed by atoms with Gasteiger partial charge in [-0.05, 0) is 80.8 Å². The number of hydrogen-bond donors (Lipinski definition) is 1. The highest BCUT2D eigenvalue weighted by molar-refractivity contribution is 5.75. The van der Waals surface area contributed by atoms with E-state index >= 15 is 0 Å². The number of nitrogens with zero attached hydrogens (tertiary/aromatic N) is 2. The summed E-state index contributed by atoms with van der Waals surface area (Å²) in [4.78, 5) is 4.95. The molecule has 2 heterocycles. The zero-order valence-electron chi connectivity index (χ0n) is 17.2. The summed E-state index contributed by atoms with van der Waals surface area (Å²) in [7, 11) is 0. The molecule has 1 fully saturated rings. The Hall–Kier alpha value is -2.26. The maximum absolute atomic E-state index is 6.40. The minimum Gasteiger partial charge on any atom is -0.397 e. The van der Waals surface area contributed by atoms with Crippen molar-refractivity contribution < 1.29 is 0 Å². The second-order valence-electron chi connectivity index (χ2n) is 8.59. The molecular weight excluding hydrogens is 342 g/mol. The Kier molecular flexibility index (Phi) is 5.72. The van der Waals surface area contributed by atoms with Crippen molar-refractivity contribution in [1.29, 1.82) is 0 Å². The van der Waals surface area contributed by atoms with Crippen molar-refractivity contribution in [3.05, 3.63) is 71.4 Å². The topological polar surface area (TPSA) is 32.5 Å². The van der Waals surface area contributed by atoms with Crippen molar-refractivity contribution in [2.45, 2.75) is 39.0 Å². The summed E-state index contributed by atoms with van der Waals surface area (Å²) in [5, 5.41) is 0. The van der Waals surface area contributed by atoms with Gasteiger partial charge in [0.05, 0.1) is 11.4 Å². The first-order chi connectivity index (χ1) is 13.6. The normalized spacial score (nSPS) is 18.1. The Bertz CT molecular complexity index is 819. The fourth-order valence-corrected chi connectivity index (χ4v) is 4.90. The average molecular weight is 376 g/mol. The predicted molar refractivity (Wildman–Crippen MR) is 120 cm³/mol. The van der Waals surface area contributed by atoms with Gasteiger partial charge in [0.15, 0.2) is 0 Å². The van der Waals surface area contributed by atoms with Crippen LogP contribution in [0, 0.1) is 12.8 Å². The molecule has 0 saturated carbocycles. The monoisotopic (exact) mass is 375 g/mol. The molecule has 0 radical (unpaired) electrons. The Morgan fingerprint density at radius 2 is 1.86 bits per heavy atom. The van der Waals surface area contributed by atoms with Crippen molar-refractivity contribution in [2.24, 2.45) is 5.92 Å². The average Bonchev–Trinajstić information content (AvgIpc) is 2.69. The number of anilines is 2. The standard InChI is InChI=1S/C25H33N3/c1-19-15-23-9-6-12-28(25(23)24(26)16-19)20(2)18-27-13-10-22(11-14-27)17-21-7-4-3-5-8-21/h3-5,7-8,15-16,22H,2,6,9-14,17-18,26H2,1H3. The van der Waals surface area contributed by atoms with Crippen LogP contribution in [0.3, 0.4) is 0 Å². The largest absolute Gasteiger partial charge is 0.397 e. The number of likely N-dealkylation sites (tertiary alicyclic amines) is 1. The molecule has 1 saturated heterocycles. The summed E-state index contributed by atoms with van der Waals surface area (Å²) in [5.41, 5.74) is 13.8. The number of aryl methyl sites for hydroxylation is 2. The van der Waals surface area contributed by atoms with Crippen LogP contribution in [0.15, 0.2) is 54.7 Å². The van der Waals surface area contributed by atoms with E-state index in [9.17, 15) is 0 Å². The van der Waals surface area contributed by atoms with Gasteiger partial charge in [-0.15, -0.1) is 0 Å². The molecule has 0 bridgehead atoms. The maximum Gasteiger partial charge on any atom is 0.0674 e. The molecule has 0 aliphatic carbocycles. The number of benzene rings is 2. The van der Waals surface area contributed by atoms with Gasteiger partial charge >= 0.3 is 0 Å². The number of nitrogens with two attached hydrogens (primary N) is 1. The molecule has 4 rings (SSSR count). The van der Waals surface area contributed by atoms with Crippen molar-refractivity contribution in [3.63, 3.8) is 0 Å². The quantitative estimate of drug-likeness (QED) is 0.762. The molecule has 0 aromatic heterocycles. The molecule has 148 valence electrons. The van der Waals surface area contributed by atoms with Crippen LogP contribution >= 0.6 is 0 Å². The fraction of sp³-hybridized carbons (Fsp3) is 0.440. The third kappa shape index (κ3) is 4.25. The Labute approximate surface area is 169 Å². The van der Waals surface area contributed by atoms with Gasteiger partial charge in [-0.1, -0.05) is 43.0 Å². The van der Waals surface area contributed by atoms with Crippen LogP contribution in [-0.4, -0.2) is 31.1 Å². The second-order valence-corrected chi connectivity index (χ2v) is 8.59. The van der Waals surface area contributed by atoms with E-state index in [1.807, 2.05) is 0 Å². The van der Waals surface area contributed by atoms with E-state index < -0.39 is 0 Å². The molecule has 0 atom stereocenters. The molecule has 2 aromatic rings. The fourth-order valence-electron chi connectivity index (χ4n) is 4.90. The third-order valence-corrected chi connectivity index (χ3v) is 6.32. The van der Waals surface area contributed by atoms with Crippen LogP contribution in [0.1, 0.15) is 36.0 Å². The number of fused-ring (bicyclic) bond motifs is 1. The summed E-state index contributed by atoms with van der Waals surface area (Å²) in [6, 6.07) is 15.3. The first-order valence-electron chi connectivity index (χ1n) is 10.7. The molecule has 0 unspecified atom stereocenters. The van der Waals surface area contributed by atoms with Gasteiger partial charge in [0.1, 0.15) is 0 Å². The molecule has 2 aromatic carbocycles. The Balaban J connectivity index is 1.35. The van der Waals surface area contributed by atoms with E-state index in [2.05, 4.69) is 65.8 Å². The number of rotatable bonds is 5. The van der Waals surface area contributed by atoms with Gasteiger partial charge < -0.3 is 10.6 Å². The minimum absolute atomic E-state index is 0.807. The Morgan fingerprint density at radius 1 is 1.11 bits per heavy atom. The summed E-state index contributed by atoms with van der Waals surface area (Å²) >= 11 is 0. The number of piperidine rings is 1. The molecular formula is C25H33N3. The van der Waals surface area contributed by atoms with Crippen molar-refractivity contribution in [2.75, 3.05) is 36.8 Å². The first kappa shape index (κ1) is 19.1. The highest BCUT2D eigenvalue weighted by Crippen LogP contribution is 2.36. The van der Waals surface area contributed by atoms with Gasteiger partial charge in [0.2, 0.25) is 0 Å². The summed E-state index contributed by atoms with van der Waals surface area (Å²) in [6.07, 6.45) is 6.06. The van der Waals surface area contributed by atoms with Gasteiger partial charge in [-0.3, -0.25) is 4.90 Å². The van der Waals surface area contributed by atoms with Crippen molar-refractivity contribution in [3.8, 4) is 0 Å². The molecule has 2 aliphatic rings. The SMILES string of the molecule is C=C(CN1CCC(Cc2ccccc2)CC1)N1CCCc2cc(C)cc(N)c21. The van der Waals surface area contributed by atoms with E-state index in [-0.39, 0.29) is 0 Å². The molecule has 0 amide bonds. The highest BCUT2D eigenvalue weighted by Gasteiger charge is 2.25. The smallest absolute Gasteiger partial charge is 0.0674 e. The molecule has 0 spiro atoms.